The molecular weight excluding hydrogens is 335 g/mol. The van der Waals surface area contributed by atoms with Gasteiger partial charge in [-0.1, -0.05) is 6.07 Å². The third-order valence-corrected chi connectivity index (χ3v) is 4.10. The summed E-state index contributed by atoms with van der Waals surface area (Å²) < 4.78 is 21.4. The molecule has 6 heteroatoms. The lowest BCUT2D eigenvalue weighted by Crippen LogP contribution is -2.10. The zero-order valence-corrected chi connectivity index (χ0v) is 14.5. The van der Waals surface area contributed by atoms with Crippen LogP contribution in [0.25, 0.3) is 16.8 Å². The van der Waals surface area contributed by atoms with Crippen molar-refractivity contribution in [2.45, 2.75) is 13.8 Å². The first-order valence-electron chi connectivity index (χ1n) is 8.15. The summed E-state index contributed by atoms with van der Waals surface area (Å²) in [6, 6.07) is 11.1. The number of nitrogens with zero attached hydrogens (tertiary/aromatic N) is 1. The predicted octanol–water partition coefficient (Wildman–Crippen LogP) is 3.64. The highest BCUT2D eigenvalue weighted by molar-refractivity contribution is 5.72. The number of pyridine rings is 1. The number of benzene rings is 2. The molecule has 3 aromatic rings. The molecule has 0 spiro atoms. The smallest absolute Gasteiger partial charge is 0.225 e. The molecule has 134 valence electrons. The summed E-state index contributed by atoms with van der Waals surface area (Å²) in [5, 5.41) is 9.70. The van der Waals surface area contributed by atoms with E-state index in [1.807, 2.05) is 19.9 Å². The van der Waals surface area contributed by atoms with Gasteiger partial charge in [-0.25, -0.2) is 4.39 Å². The molecule has 0 atom stereocenters. The Kier molecular flexibility index (Phi) is 4.67. The van der Waals surface area contributed by atoms with Crippen LogP contribution in [0.5, 0.6) is 11.5 Å². The topological polar surface area (TPSA) is 77.5 Å². The molecule has 0 radical (unpaired) electrons. The van der Waals surface area contributed by atoms with Crippen LogP contribution in [0.2, 0.25) is 0 Å². The normalized spacial score (nSPS) is 10.7. The Morgan fingerprint density at radius 1 is 1.15 bits per heavy atom. The molecule has 3 rings (SSSR count). The van der Waals surface area contributed by atoms with Crippen molar-refractivity contribution in [1.82, 2.24) is 4.57 Å². The van der Waals surface area contributed by atoms with Gasteiger partial charge in [0.25, 0.3) is 0 Å². The van der Waals surface area contributed by atoms with Gasteiger partial charge < -0.3 is 15.6 Å². The molecule has 1 heterocycles. The van der Waals surface area contributed by atoms with Crippen LogP contribution in [0.15, 0.2) is 53.5 Å². The van der Waals surface area contributed by atoms with Crippen LogP contribution in [-0.2, 0) is 0 Å². The summed E-state index contributed by atoms with van der Waals surface area (Å²) in [6.07, 6.45) is 1.25. The lowest BCUT2D eigenvalue weighted by atomic mass is 9.99. The van der Waals surface area contributed by atoms with Crippen molar-refractivity contribution in [3.8, 4) is 28.3 Å². The quantitative estimate of drug-likeness (QED) is 0.750. The fourth-order valence-corrected chi connectivity index (χ4v) is 2.78. The average Bonchev–Trinajstić information content (AvgIpc) is 2.61. The molecule has 26 heavy (non-hydrogen) atoms. The highest BCUT2D eigenvalue weighted by Crippen LogP contribution is 2.32. The van der Waals surface area contributed by atoms with Gasteiger partial charge in [0, 0.05) is 17.3 Å². The maximum absolute atomic E-state index is 14.4. The minimum Gasteiger partial charge on any atom is -0.503 e. The second-order valence-corrected chi connectivity index (χ2v) is 5.89. The molecule has 0 aliphatic rings. The van der Waals surface area contributed by atoms with Gasteiger partial charge in [0.1, 0.15) is 17.4 Å². The molecule has 3 N–H and O–H groups in total. The van der Waals surface area contributed by atoms with Gasteiger partial charge in [-0.05, 0) is 55.3 Å². The van der Waals surface area contributed by atoms with Crippen LogP contribution in [0.1, 0.15) is 12.5 Å². The maximum atomic E-state index is 14.4. The molecule has 0 saturated heterocycles. The highest BCUT2D eigenvalue weighted by atomic mass is 19.1. The van der Waals surface area contributed by atoms with Gasteiger partial charge in [-0.2, -0.15) is 0 Å². The Bertz CT molecular complexity index is 1030. The van der Waals surface area contributed by atoms with Gasteiger partial charge in [-0.15, -0.1) is 0 Å². The molecule has 0 unspecified atom stereocenters. The number of hydrogen-bond donors (Lipinski definition) is 2. The number of hydrogen-bond acceptors (Lipinski definition) is 4. The first-order valence-corrected chi connectivity index (χ1v) is 8.15. The Morgan fingerprint density at radius 2 is 1.92 bits per heavy atom. The van der Waals surface area contributed by atoms with Crippen LogP contribution in [-0.4, -0.2) is 16.3 Å². The van der Waals surface area contributed by atoms with E-state index in [9.17, 15) is 14.3 Å². The van der Waals surface area contributed by atoms with Crippen LogP contribution in [0.3, 0.4) is 0 Å². The number of ether oxygens (including phenoxy) is 1. The molecular formula is C20H19FN2O3. The van der Waals surface area contributed by atoms with E-state index in [2.05, 4.69) is 0 Å². The second kappa shape index (κ2) is 6.92. The monoisotopic (exact) mass is 354 g/mol. The van der Waals surface area contributed by atoms with Gasteiger partial charge in [0.2, 0.25) is 5.43 Å². The zero-order valence-electron chi connectivity index (χ0n) is 14.5. The van der Waals surface area contributed by atoms with Gasteiger partial charge in [0.15, 0.2) is 5.75 Å². The molecule has 0 saturated carbocycles. The SMILES string of the molecule is CCOc1ccc(F)c(-c2cc(-n3cc(O)c(=O)cc3N)ccc2C)c1. The number of aromatic nitrogens is 1. The van der Waals surface area contributed by atoms with Gasteiger partial charge in [0.05, 0.1) is 12.8 Å². The maximum Gasteiger partial charge on any atom is 0.225 e. The van der Waals surface area contributed by atoms with E-state index in [0.717, 1.165) is 11.6 Å². The number of rotatable bonds is 4. The Balaban J connectivity index is 2.17. The van der Waals surface area contributed by atoms with Crippen LogP contribution in [0.4, 0.5) is 10.2 Å². The molecule has 0 fully saturated rings. The molecule has 0 bridgehead atoms. The Labute approximate surface area is 150 Å². The van der Waals surface area contributed by atoms with Gasteiger partial charge >= 0.3 is 0 Å². The predicted molar refractivity (Wildman–Crippen MR) is 99.4 cm³/mol. The van der Waals surface area contributed by atoms with Crippen molar-refractivity contribution in [1.29, 1.82) is 0 Å². The molecule has 2 aromatic carbocycles. The minimum absolute atomic E-state index is 0.172. The van der Waals surface area contributed by atoms with E-state index in [0.29, 0.717) is 29.2 Å². The Hall–Kier alpha value is -3.28. The van der Waals surface area contributed by atoms with E-state index < -0.39 is 11.2 Å². The number of anilines is 1. The van der Waals surface area contributed by atoms with Crippen molar-refractivity contribution >= 4 is 5.82 Å². The van der Waals surface area contributed by atoms with Crippen LogP contribution < -0.4 is 15.9 Å². The highest BCUT2D eigenvalue weighted by Gasteiger charge is 2.12. The number of aryl methyl sites for hydroxylation is 1. The lowest BCUT2D eigenvalue weighted by molar-refractivity contribution is 0.340. The second-order valence-electron chi connectivity index (χ2n) is 5.89. The first kappa shape index (κ1) is 17.5. The third kappa shape index (κ3) is 3.26. The lowest BCUT2D eigenvalue weighted by Gasteiger charge is -2.15. The van der Waals surface area contributed by atoms with Crippen LogP contribution in [0, 0.1) is 12.7 Å². The molecule has 0 amide bonds. The minimum atomic E-state index is -0.554. The zero-order chi connectivity index (χ0) is 18.8. The van der Waals surface area contributed by atoms with E-state index >= 15 is 0 Å². The summed E-state index contributed by atoms with van der Waals surface area (Å²) >= 11 is 0. The van der Waals surface area contributed by atoms with Crippen molar-refractivity contribution in [3.63, 3.8) is 0 Å². The summed E-state index contributed by atoms with van der Waals surface area (Å²) in [4.78, 5) is 11.5. The van der Waals surface area contributed by atoms with E-state index in [1.165, 1.54) is 16.8 Å². The summed E-state index contributed by atoms with van der Waals surface area (Å²) in [7, 11) is 0. The fourth-order valence-electron chi connectivity index (χ4n) is 2.78. The van der Waals surface area contributed by atoms with E-state index in [1.54, 1.807) is 24.3 Å². The van der Waals surface area contributed by atoms with Crippen molar-refractivity contribution < 1.29 is 14.2 Å². The summed E-state index contributed by atoms with van der Waals surface area (Å²) in [5.74, 6) is -0.0318. The summed E-state index contributed by atoms with van der Waals surface area (Å²) in [6.45, 7) is 4.22. The van der Waals surface area contributed by atoms with Crippen molar-refractivity contribution in [3.05, 3.63) is 70.3 Å². The van der Waals surface area contributed by atoms with Crippen molar-refractivity contribution in [2.24, 2.45) is 0 Å². The van der Waals surface area contributed by atoms with Crippen LogP contribution >= 0.6 is 0 Å². The number of aromatic hydroxyl groups is 1. The Morgan fingerprint density at radius 3 is 2.65 bits per heavy atom. The first-order chi connectivity index (χ1) is 12.4. The standard InChI is InChI=1S/C20H19FN2O3/c1-3-26-14-6-7-17(21)16(9-14)15-8-13(5-4-12(15)2)23-11-19(25)18(24)10-20(23)22/h4-11,25H,3,22H2,1-2H3. The third-order valence-electron chi connectivity index (χ3n) is 4.10. The molecule has 0 aliphatic carbocycles. The fraction of sp³-hybridized carbons (Fsp3) is 0.150. The summed E-state index contributed by atoms with van der Waals surface area (Å²) in [5.41, 5.74) is 7.88. The number of nitrogens with two attached hydrogens (primary N) is 1. The van der Waals surface area contributed by atoms with Gasteiger partial charge in [-0.3, -0.25) is 9.36 Å². The molecule has 1 aromatic heterocycles. The number of halogens is 1. The van der Waals surface area contributed by atoms with E-state index in [4.69, 9.17) is 10.5 Å². The largest absolute Gasteiger partial charge is 0.503 e. The molecule has 0 aliphatic heterocycles. The number of nitrogen functional groups attached to an aromatic ring is 1. The average molecular weight is 354 g/mol. The van der Waals surface area contributed by atoms with Crippen molar-refractivity contribution in [2.75, 3.05) is 12.3 Å². The van der Waals surface area contributed by atoms with E-state index in [-0.39, 0.29) is 11.6 Å². The molecule has 5 nitrogen and oxygen atoms in total.